The summed E-state index contributed by atoms with van der Waals surface area (Å²) in [4.78, 5) is 16.8. The average Bonchev–Trinajstić information content (AvgIpc) is 3.23. The Kier molecular flexibility index (Phi) is 4.40. The highest BCUT2D eigenvalue weighted by atomic mass is 15.3. The lowest BCUT2D eigenvalue weighted by molar-refractivity contribution is 0.461. The van der Waals surface area contributed by atoms with Crippen molar-refractivity contribution in [3.63, 3.8) is 0 Å². The first-order valence-corrected chi connectivity index (χ1v) is 11.6. The van der Waals surface area contributed by atoms with Crippen LogP contribution in [-0.2, 0) is 12.8 Å². The fraction of sp³-hybridized carbons (Fsp3) is 0.440. The van der Waals surface area contributed by atoms with Crippen LogP contribution in [0.25, 0.3) is 16.6 Å². The molecule has 3 aromatic heterocycles. The van der Waals surface area contributed by atoms with Crippen molar-refractivity contribution in [2.45, 2.75) is 64.8 Å². The van der Waals surface area contributed by atoms with Crippen molar-refractivity contribution >= 4 is 22.4 Å². The number of aryl methyl sites for hydroxylation is 3. The summed E-state index contributed by atoms with van der Waals surface area (Å²) in [7, 11) is 0. The zero-order valence-electron chi connectivity index (χ0n) is 18.3. The van der Waals surface area contributed by atoms with Crippen LogP contribution in [0, 0.1) is 13.8 Å². The van der Waals surface area contributed by atoms with Crippen molar-refractivity contribution in [2.24, 2.45) is 0 Å². The van der Waals surface area contributed by atoms with Gasteiger partial charge in [0.1, 0.15) is 12.1 Å². The summed E-state index contributed by atoms with van der Waals surface area (Å²) in [6, 6.07) is 8.72. The number of aromatic nitrogens is 5. The zero-order valence-corrected chi connectivity index (χ0v) is 18.3. The Morgan fingerprint density at radius 2 is 1.90 bits per heavy atom. The van der Waals surface area contributed by atoms with E-state index in [9.17, 15) is 0 Å². The SMILES string of the molecule is Cc1cccc2ncnc(N3CCCC[C@H]3c3cc4nc5c(c(C)n4n3)CCCC5)c12. The molecule has 0 saturated carbocycles. The summed E-state index contributed by atoms with van der Waals surface area (Å²) in [5, 5.41) is 6.25. The highest BCUT2D eigenvalue weighted by Crippen LogP contribution is 2.38. The van der Waals surface area contributed by atoms with Gasteiger partial charge in [-0.25, -0.2) is 19.5 Å². The Morgan fingerprint density at radius 3 is 2.84 bits per heavy atom. The predicted octanol–water partition coefficient (Wildman–Crippen LogP) is 4.90. The van der Waals surface area contributed by atoms with Crippen molar-refractivity contribution in [1.29, 1.82) is 0 Å². The molecule has 0 radical (unpaired) electrons. The number of benzene rings is 1. The Hall–Kier alpha value is -3.02. The number of piperidine rings is 1. The van der Waals surface area contributed by atoms with E-state index < -0.39 is 0 Å². The first-order valence-electron chi connectivity index (χ1n) is 11.6. The van der Waals surface area contributed by atoms with Crippen LogP contribution in [0.15, 0.2) is 30.6 Å². The number of hydrogen-bond donors (Lipinski definition) is 0. The smallest absolute Gasteiger partial charge is 0.155 e. The molecule has 6 rings (SSSR count). The molecular weight excluding hydrogens is 384 g/mol. The summed E-state index contributed by atoms with van der Waals surface area (Å²) < 4.78 is 2.08. The van der Waals surface area contributed by atoms with Crippen LogP contribution < -0.4 is 4.90 Å². The largest absolute Gasteiger partial charge is 0.347 e. The molecule has 0 N–H and O–H groups in total. The molecule has 2 aliphatic rings. The molecule has 1 aliphatic carbocycles. The third-order valence-electron chi connectivity index (χ3n) is 7.12. The van der Waals surface area contributed by atoms with Crippen molar-refractivity contribution < 1.29 is 0 Å². The second-order valence-electron chi connectivity index (χ2n) is 9.04. The van der Waals surface area contributed by atoms with Gasteiger partial charge >= 0.3 is 0 Å². The molecule has 1 aromatic carbocycles. The quantitative estimate of drug-likeness (QED) is 0.469. The Labute approximate surface area is 182 Å². The van der Waals surface area contributed by atoms with Gasteiger partial charge in [0.05, 0.1) is 17.3 Å². The van der Waals surface area contributed by atoms with E-state index in [1.807, 2.05) is 0 Å². The summed E-state index contributed by atoms with van der Waals surface area (Å²) in [6.45, 7) is 5.34. The van der Waals surface area contributed by atoms with Gasteiger partial charge in [0.2, 0.25) is 0 Å². The predicted molar refractivity (Wildman–Crippen MR) is 123 cm³/mol. The van der Waals surface area contributed by atoms with Crippen molar-refractivity contribution in [3.05, 3.63) is 58.8 Å². The molecule has 158 valence electrons. The molecule has 1 fully saturated rings. The van der Waals surface area contributed by atoms with E-state index in [0.717, 1.165) is 53.9 Å². The van der Waals surface area contributed by atoms with E-state index in [0.29, 0.717) is 0 Å². The highest BCUT2D eigenvalue weighted by molar-refractivity contribution is 5.92. The third-order valence-corrected chi connectivity index (χ3v) is 7.12. The molecule has 1 aliphatic heterocycles. The van der Waals surface area contributed by atoms with Gasteiger partial charge in [-0.1, -0.05) is 12.1 Å². The maximum Gasteiger partial charge on any atom is 0.155 e. The van der Waals surface area contributed by atoms with Crippen LogP contribution in [0.5, 0.6) is 0 Å². The van der Waals surface area contributed by atoms with Gasteiger partial charge in [-0.15, -0.1) is 0 Å². The fourth-order valence-corrected chi connectivity index (χ4v) is 5.52. The maximum atomic E-state index is 5.09. The van der Waals surface area contributed by atoms with Gasteiger partial charge in [0.25, 0.3) is 0 Å². The molecule has 0 unspecified atom stereocenters. The molecule has 31 heavy (non-hydrogen) atoms. The van der Waals surface area contributed by atoms with E-state index >= 15 is 0 Å². The van der Waals surface area contributed by atoms with E-state index in [1.165, 1.54) is 48.2 Å². The Morgan fingerprint density at radius 1 is 1.00 bits per heavy atom. The average molecular weight is 413 g/mol. The highest BCUT2D eigenvalue weighted by Gasteiger charge is 2.30. The van der Waals surface area contributed by atoms with E-state index in [1.54, 1.807) is 6.33 Å². The fourth-order valence-electron chi connectivity index (χ4n) is 5.52. The minimum absolute atomic E-state index is 0.213. The van der Waals surface area contributed by atoms with E-state index in [2.05, 4.69) is 52.5 Å². The van der Waals surface area contributed by atoms with Crippen LogP contribution >= 0.6 is 0 Å². The van der Waals surface area contributed by atoms with Crippen LogP contribution in [0.3, 0.4) is 0 Å². The van der Waals surface area contributed by atoms with Crippen molar-refractivity contribution in [3.8, 4) is 0 Å². The number of hydrogen-bond acceptors (Lipinski definition) is 5. The van der Waals surface area contributed by atoms with Gasteiger partial charge in [0.15, 0.2) is 5.65 Å². The normalized spacial score (nSPS) is 19.2. The molecule has 0 amide bonds. The number of rotatable bonds is 2. The number of fused-ring (bicyclic) bond motifs is 3. The second-order valence-corrected chi connectivity index (χ2v) is 9.04. The first-order chi connectivity index (χ1) is 15.2. The molecule has 4 heterocycles. The van der Waals surface area contributed by atoms with E-state index in [4.69, 9.17) is 15.1 Å². The summed E-state index contributed by atoms with van der Waals surface area (Å²) in [5.41, 5.74) is 8.27. The van der Waals surface area contributed by atoms with Gasteiger partial charge < -0.3 is 4.90 Å². The lowest BCUT2D eigenvalue weighted by atomic mass is 9.95. The monoisotopic (exact) mass is 412 g/mol. The minimum atomic E-state index is 0.213. The second kappa shape index (κ2) is 7.29. The molecule has 6 heteroatoms. The topological polar surface area (TPSA) is 59.2 Å². The zero-order chi connectivity index (χ0) is 20.9. The molecule has 6 nitrogen and oxygen atoms in total. The van der Waals surface area contributed by atoms with Crippen LogP contribution in [0.4, 0.5) is 5.82 Å². The molecule has 0 spiro atoms. The Bertz CT molecular complexity index is 1290. The molecule has 0 bridgehead atoms. The standard InChI is InChI=1S/C25H28N6/c1-16-8-7-11-20-24(16)25(27-15-26-20)30-13-6-5-12-22(30)21-14-23-28-19-10-4-3-9-18(19)17(2)31(23)29-21/h7-8,11,14-15,22H,3-6,9-10,12-13H2,1-2H3/t22-/m0/s1. The maximum absolute atomic E-state index is 5.09. The van der Waals surface area contributed by atoms with E-state index in [-0.39, 0.29) is 6.04 Å². The number of anilines is 1. The lowest BCUT2D eigenvalue weighted by Crippen LogP contribution is -2.34. The Balaban J connectivity index is 1.48. The summed E-state index contributed by atoms with van der Waals surface area (Å²) >= 11 is 0. The van der Waals surface area contributed by atoms with Crippen LogP contribution in [-0.4, -0.2) is 31.1 Å². The lowest BCUT2D eigenvalue weighted by Gasteiger charge is -2.36. The van der Waals surface area contributed by atoms with Crippen molar-refractivity contribution in [2.75, 3.05) is 11.4 Å². The van der Waals surface area contributed by atoms with Gasteiger partial charge in [-0.2, -0.15) is 5.10 Å². The first kappa shape index (κ1) is 18.7. The molecule has 4 aromatic rings. The van der Waals surface area contributed by atoms with Crippen molar-refractivity contribution in [1.82, 2.24) is 24.6 Å². The van der Waals surface area contributed by atoms with Gasteiger partial charge in [-0.05, 0) is 76.0 Å². The van der Waals surface area contributed by atoms with Crippen LogP contribution in [0.2, 0.25) is 0 Å². The van der Waals surface area contributed by atoms with Crippen LogP contribution in [0.1, 0.15) is 66.4 Å². The summed E-state index contributed by atoms with van der Waals surface area (Å²) in [5.74, 6) is 1.04. The molecule has 1 atom stereocenters. The molecular formula is C25H28N6. The number of nitrogens with zero attached hydrogens (tertiary/aromatic N) is 6. The molecule has 1 saturated heterocycles. The third kappa shape index (κ3) is 2.99. The van der Waals surface area contributed by atoms with Gasteiger partial charge in [-0.3, -0.25) is 0 Å². The van der Waals surface area contributed by atoms with Gasteiger partial charge in [0, 0.05) is 29.4 Å². The minimum Gasteiger partial charge on any atom is -0.347 e. The summed E-state index contributed by atoms with van der Waals surface area (Å²) in [6.07, 6.45) is 9.88.